The van der Waals surface area contributed by atoms with Crippen LogP contribution in [-0.4, -0.2) is 27.6 Å². The smallest absolute Gasteiger partial charge is 0.306 e. The van der Waals surface area contributed by atoms with Gasteiger partial charge in [0.1, 0.15) is 5.84 Å². The van der Waals surface area contributed by atoms with Gasteiger partial charge in [0.05, 0.1) is 13.4 Å². The molecule has 1 aromatic rings. The molecule has 3 N–H and O–H groups in total. The van der Waals surface area contributed by atoms with Crippen LogP contribution in [0, 0.1) is 5.41 Å². The Bertz CT molecular complexity index is 510. The maximum absolute atomic E-state index is 10.9. The lowest BCUT2D eigenvalue weighted by molar-refractivity contribution is 0.391. The van der Waals surface area contributed by atoms with Crippen molar-refractivity contribution >= 4 is 16.0 Å². The Labute approximate surface area is 93.6 Å². The monoisotopic (exact) mass is 244 g/mol. The Kier molecular flexibility index (Phi) is 3.38. The summed E-state index contributed by atoms with van der Waals surface area (Å²) in [5.74, 6) is 0.136. The molecular weight excluding hydrogens is 232 g/mol. The van der Waals surface area contributed by atoms with E-state index >= 15 is 0 Å². The first-order chi connectivity index (χ1) is 7.33. The average molecular weight is 244 g/mol. The molecule has 88 valence electrons. The number of benzene rings is 1. The lowest BCUT2D eigenvalue weighted by Crippen LogP contribution is -2.12. The fourth-order valence-corrected chi connectivity index (χ4v) is 1.53. The van der Waals surface area contributed by atoms with Crippen LogP contribution >= 0.6 is 0 Å². The first kappa shape index (κ1) is 12.3. The first-order valence-electron chi connectivity index (χ1n) is 4.25. The second-order valence-electron chi connectivity index (χ2n) is 3.07. The van der Waals surface area contributed by atoms with Gasteiger partial charge in [0.2, 0.25) is 0 Å². The largest absolute Gasteiger partial charge is 0.493 e. The number of nitrogen functional groups attached to an aromatic ring is 1. The highest BCUT2D eigenvalue weighted by Crippen LogP contribution is 2.28. The minimum atomic E-state index is -3.61. The molecule has 0 radical (unpaired) electrons. The average Bonchev–Trinajstić information content (AvgIpc) is 2.15. The highest BCUT2D eigenvalue weighted by atomic mass is 32.2. The molecule has 0 aliphatic carbocycles. The molecule has 1 rings (SSSR count). The first-order valence-corrected chi connectivity index (χ1v) is 6.07. The lowest BCUT2D eigenvalue weighted by atomic mass is 10.2. The number of nitrogens with two attached hydrogens (primary N) is 1. The highest BCUT2D eigenvalue weighted by Gasteiger charge is 2.11. The van der Waals surface area contributed by atoms with Crippen molar-refractivity contribution in [1.82, 2.24) is 0 Å². The normalized spacial score (nSPS) is 10.9. The van der Waals surface area contributed by atoms with Crippen LogP contribution in [-0.2, 0) is 10.1 Å². The Morgan fingerprint density at radius 2 is 2.00 bits per heavy atom. The van der Waals surface area contributed by atoms with E-state index < -0.39 is 10.1 Å². The minimum absolute atomic E-state index is 0.0648. The lowest BCUT2D eigenvalue weighted by Gasteiger charge is -2.09. The second-order valence-corrected chi connectivity index (χ2v) is 4.64. The summed E-state index contributed by atoms with van der Waals surface area (Å²) in [6.07, 6.45) is 0.936. The van der Waals surface area contributed by atoms with Crippen LogP contribution in [0.1, 0.15) is 5.56 Å². The molecule has 6 nitrogen and oxygen atoms in total. The highest BCUT2D eigenvalue weighted by molar-refractivity contribution is 7.86. The van der Waals surface area contributed by atoms with E-state index in [0.29, 0.717) is 5.56 Å². The molecule has 0 fully saturated rings. The van der Waals surface area contributed by atoms with Crippen LogP contribution in [0.25, 0.3) is 0 Å². The van der Waals surface area contributed by atoms with Gasteiger partial charge in [0.15, 0.2) is 11.5 Å². The number of methoxy groups -OCH3 is 1. The summed E-state index contributed by atoms with van der Waals surface area (Å²) in [6, 6.07) is 4.30. The number of amidine groups is 1. The van der Waals surface area contributed by atoms with Gasteiger partial charge < -0.3 is 14.7 Å². The molecule has 1 aromatic carbocycles. The fraction of sp³-hybridized carbons (Fsp3) is 0.222. The zero-order valence-corrected chi connectivity index (χ0v) is 9.67. The van der Waals surface area contributed by atoms with Crippen molar-refractivity contribution in [1.29, 1.82) is 5.41 Å². The van der Waals surface area contributed by atoms with Gasteiger partial charge in [-0.3, -0.25) is 5.41 Å². The van der Waals surface area contributed by atoms with Crippen molar-refractivity contribution in [3.63, 3.8) is 0 Å². The van der Waals surface area contributed by atoms with Crippen molar-refractivity contribution in [2.75, 3.05) is 13.4 Å². The molecule has 0 aromatic heterocycles. The fourth-order valence-electron chi connectivity index (χ4n) is 1.07. The molecule has 0 unspecified atom stereocenters. The van der Waals surface area contributed by atoms with Gasteiger partial charge >= 0.3 is 10.1 Å². The van der Waals surface area contributed by atoms with Gasteiger partial charge in [0.25, 0.3) is 0 Å². The number of ether oxygens (including phenoxy) is 1. The van der Waals surface area contributed by atoms with Crippen molar-refractivity contribution in [2.45, 2.75) is 0 Å². The Balaban J connectivity index is 3.17. The zero-order chi connectivity index (χ0) is 12.3. The molecule has 0 spiro atoms. The zero-order valence-electron chi connectivity index (χ0n) is 8.85. The third-order valence-corrected chi connectivity index (χ3v) is 2.20. The molecule has 0 heterocycles. The summed E-state index contributed by atoms with van der Waals surface area (Å²) < 4.78 is 31.5. The van der Waals surface area contributed by atoms with E-state index in [-0.39, 0.29) is 17.3 Å². The Hall–Kier alpha value is -1.76. The predicted octanol–water partition coefficient (Wildman–Crippen LogP) is 0.318. The van der Waals surface area contributed by atoms with Gasteiger partial charge in [-0.1, -0.05) is 0 Å². The van der Waals surface area contributed by atoms with E-state index in [0.717, 1.165) is 6.26 Å². The van der Waals surface area contributed by atoms with Gasteiger partial charge in [-0.05, 0) is 18.2 Å². The van der Waals surface area contributed by atoms with E-state index in [1.165, 1.54) is 25.3 Å². The van der Waals surface area contributed by atoms with E-state index in [1.54, 1.807) is 0 Å². The van der Waals surface area contributed by atoms with Crippen LogP contribution in [0.5, 0.6) is 11.5 Å². The molecule has 0 aliphatic rings. The Morgan fingerprint density at radius 3 is 2.44 bits per heavy atom. The molecular formula is C9H12N2O4S. The molecule has 16 heavy (non-hydrogen) atoms. The number of nitrogens with one attached hydrogen (secondary N) is 1. The maximum atomic E-state index is 10.9. The third-order valence-electron chi connectivity index (χ3n) is 1.72. The minimum Gasteiger partial charge on any atom is -0.493 e. The predicted molar refractivity (Wildman–Crippen MR) is 59.5 cm³/mol. The number of hydrogen-bond acceptors (Lipinski definition) is 5. The van der Waals surface area contributed by atoms with Crippen LogP contribution in [0.15, 0.2) is 18.2 Å². The summed E-state index contributed by atoms with van der Waals surface area (Å²) >= 11 is 0. The van der Waals surface area contributed by atoms with E-state index in [2.05, 4.69) is 0 Å². The molecule has 0 amide bonds. The van der Waals surface area contributed by atoms with Crippen molar-refractivity contribution in [3.05, 3.63) is 23.8 Å². The van der Waals surface area contributed by atoms with E-state index in [4.69, 9.17) is 20.1 Å². The van der Waals surface area contributed by atoms with Crippen molar-refractivity contribution < 1.29 is 17.3 Å². The van der Waals surface area contributed by atoms with Gasteiger partial charge in [0, 0.05) is 5.56 Å². The van der Waals surface area contributed by atoms with E-state index in [9.17, 15) is 8.42 Å². The Morgan fingerprint density at radius 1 is 1.38 bits per heavy atom. The standard InChI is InChI=1S/C9H12N2O4S/c1-14-8-5-6(9(10)11)3-4-7(8)15-16(2,12)13/h3-5H,1-2H3,(H3,10,11). The van der Waals surface area contributed by atoms with Crippen LogP contribution in [0.4, 0.5) is 0 Å². The van der Waals surface area contributed by atoms with Gasteiger partial charge in [-0.2, -0.15) is 8.42 Å². The van der Waals surface area contributed by atoms with Crippen LogP contribution < -0.4 is 14.7 Å². The van der Waals surface area contributed by atoms with Gasteiger partial charge in [-0.15, -0.1) is 0 Å². The van der Waals surface area contributed by atoms with Crippen LogP contribution in [0.2, 0.25) is 0 Å². The molecule has 0 saturated carbocycles. The quantitative estimate of drug-likeness (QED) is 0.451. The third kappa shape index (κ3) is 3.13. The van der Waals surface area contributed by atoms with Gasteiger partial charge in [-0.25, -0.2) is 0 Å². The SMILES string of the molecule is COc1cc(C(=N)N)ccc1OS(C)(=O)=O. The van der Waals surface area contributed by atoms with Crippen molar-refractivity contribution in [3.8, 4) is 11.5 Å². The summed E-state index contributed by atoms with van der Waals surface area (Å²) in [5.41, 5.74) is 5.71. The summed E-state index contributed by atoms with van der Waals surface area (Å²) in [6.45, 7) is 0. The molecule has 0 atom stereocenters. The maximum Gasteiger partial charge on any atom is 0.306 e. The molecule has 0 saturated heterocycles. The van der Waals surface area contributed by atoms with Crippen molar-refractivity contribution in [2.24, 2.45) is 5.73 Å². The van der Waals surface area contributed by atoms with Crippen LogP contribution in [0.3, 0.4) is 0 Å². The molecule has 7 heteroatoms. The topological polar surface area (TPSA) is 102 Å². The second kappa shape index (κ2) is 4.40. The van der Waals surface area contributed by atoms with E-state index in [1.807, 2.05) is 0 Å². The summed E-state index contributed by atoms with van der Waals surface area (Å²) in [4.78, 5) is 0. The summed E-state index contributed by atoms with van der Waals surface area (Å²) in [7, 11) is -2.24. The molecule has 0 bridgehead atoms. The number of hydrogen-bond donors (Lipinski definition) is 2. The summed E-state index contributed by atoms with van der Waals surface area (Å²) in [5, 5.41) is 7.22. The number of rotatable bonds is 4. The molecule has 0 aliphatic heterocycles.